The summed E-state index contributed by atoms with van der Waals surface area (Å²) in [6.45, 7) is 2.84. The summed E-state index contributed by atoms with van der Waals surface area (Å²) in [6.07, 6.45) is 5.22. The summed E-state index contributed by atoms with van der Waals surface area (Å²) < 4.78 is 5.65. The number of hydrogen-bond donors (Lipinski definition) is 1. The smallest absolute Gasteiger partial charge is 0.121 e. The summed E-state index contributed by atoms with van der Waals surface area (Å²) in [5.41, 5.74) is 1.14. The Morgan fingerprint density at radius 3 is 3.00 bits per heavy atom. The van der Waals surface area contributed by atoms with Crippen molar-refractivity contribution in [1.82, 2.24) is 0 Å². The molecule has 0 heterocycles. The third-order valence-corrected chi connectivity index (χ3v) is 3.52. The maximum Gasteiger partial charge on any atom is 0.121 e. The number of unbranched alkanes of at least 4 members (excludes halogenated alkanes) is 1. The number of rotatable bonds is 8. The van der Waals surface area contributed by atoms with E-state index < -0.39 is 0 Å². The Morgan fingerprint density at radius 1 is 1.47 bits per heavy atom. The normalized spacial score (nSPS) is 15.6. The second-order valence-corrected chi connectivity index (χ2v) is 5.13. The van der Waals surface area contributed by atoms with Crippen molar-refractivity contribution in [3.63, 3.8) is 0 Å². The van der Waals surface area contributed by atoms with Crippen molar-refractivity contribution in [2.45, 2.75) is 45.1 Å². The van der Waals surface area contributed by atoms with Gasteiger partial charge >= 0.3 is 0 Å². The minimum Gasteiger partial charge on any atom is -0.493 e. The van der Waals surface area contributed by atoms with Crippen LogP contribution in [0.4, 0.5) is 5.69 Å². The number of ether oxygens (including phenoxy) is 1. The van der Waals surface area contributed by atoms with E-state index in [1.54, 1.807) is 0 Å². The molecule has 1 unspecified atom stereocenters. The van der Waals surface area contributed by atoms with E-state index in [0.29, 0.717) is 19.1 Å². The van der Waals surface area contributed by atoms with Gasteiger partial charge in [-0.15, -0.1) is 0 Å². The first kappa shape index (κ1) is 13.7. The lowest BCUT2D eigenvalue weighted by molar-refractivity contribution is 0.313. The molecule has 0 saturated heterocycles. The maximum absolute atomic E-state index is 8.48. The van der Waals surface area contributed by atoms with Gasteiger partial charge in [0.2, 0.25) is 0 Å². The molecule has 0 aliphatic heterocycles. The summed E-state index contributed by atoms with van der Waals surface area (Å²) in [7, 11) is 0. The quantitative estimate of drug-likeness (QED) is 0.718. The molecular weight excluding hydrogens is 236 g/mol. The molecule has 0 bridgehead atoms. The molecule has 0 aromatic heterocycles. The van der Waals surface area contributed by atoms with Crippen molar-refractivity contribution in [2.75, 3.05) is 11.9 Å². The molecule has 1 N–H and O–H groups in total. The predicted molar refractivity (Wildman–Crippen MR) is 77.2 cm³/mol. The van der Waals surface area contributed by atoms with Gasteiger partial charge in [0.25, 0.3) is 0 Å². The fourth-order valence-electron chi connectivity index (χ4n) is 2.28. The van der Waals surface area contributed by atoms with Crippen LogP contribution in [0.25, 0.3) is 0 Å². The Kier molecular flexibility index (Phi) is 5.09. The Morgan fingerprint density at radius 2 is 2.32 bits per heavy atom. The predicted octanol–water partition coefficient (Wildman–Crippen LogP) is 3.97. The molecule has 2 rings (SSSR count). The van der Waals surface area contributed by atoms with Crippen LogP contribution in [0.3, 0.4) is 0 Å². The van der Waals surface area contributed by atoms with Crippen molar-refractivity contribution < 1.29 is 4.74 Å². The van der Waals surface area contributed by atoms with Crippen molar-refractivity contribution in [3.05, 3.63) is 24.3 Å². The van der Waals surface area contributed by atoms with Gasteiger partial charge in [-0.25, -0.2) is 0 Å². The van der Waals surface area contributed by atoms with Gasteiger partial charge in [0.15, 0.2) is 0 Å². The largest absolute Gasteiger partial charge is 0.493 e. The van der Waals surface area contributed by atoms with Crippen molar-refractivity contribution in [1.29, 1.82) is 5.26 Å². The molecule has 0 amide bonds. The van der Waals surface area contributed by atoms with Gasteiger partial charge in [-0.2, -0.15) is 5.26 Å². The number of hydrogen-bond acceptors (Lipinski definition) is 3. The Hall–Kier alpha value is -1.69. The van der Waals surface area contributed by atoms with Crippen molar-refractivity contribution in [3.8, 4) is 11.8 Å². The van der Waals surface area contributed by atoms with E-state index in [9.17, 15) is 0 Å². The lowest BCUT2D eigenvalue weighted by atomic mass is 10.1. The first-order chi connectivity index (χ1) is 9.33. The number of nitrogens with zero attached hydrogens (tertiary/aromatic N) is 1. The standard InChI is InChI=1S/C16H22N2O/c1-2-16(13-8-9-13)18-14-6-5-7-15(12-14)19-11-4-3-10-17/h5-7,12-13,16,18H,2-4,8-9,11H2,1H3. The molecule has 1 aliphatic rings. The second-order valence-electron chi connectivity index (χ2n) is 5.13. The maximum atomic E-state index is 8.48. The van der Waals surface area contributed by atoms with Gasteiger partial charge in [0, 0.05) is 24.2 Å². The van der Waals surface area contributed by atoms with E-state index in [1.807, 2.05) is 12.1 Å². The van der Waals surface area contributed by atoms with Crippen LogP contribution < -0.4 is 10.1 Å². The minimum atomic E-state index is 0.553. The summed E-state index contributed by atoms with van der Waals surface area (Å²) in [4.78, 5) is 0. The van der Waals surface area contributed by atoms with Gasteiger partial charge in [-0.05, 0) is 43.7 Å². The second kappa shape index (κ2) is 7.04. The highest BCUT2D eigenvalue weighted by Gasteiger charge is 2.29. The highest BCUT2D eigenvalue weighted by atomic mass is 16.5. The molecule has 1 fully saturated rings. The Balaban J connectivity index is 1.85. The van der Waals surface area contributed by atoms with Crippen LogP contribution in [-0.2, 0) is 0 Å². The number of benzene rings is 1. The summed E-state index contributed by atoms with van der Waals surface area (Å²) in [5.74, 6) is 1.73. The molecular formula is C16H22N2O. The molecule has 3 nitrogen and oxygen atoms in total. The Bertz CT molecular complexity index is 435. The summed E-state index contributed by atoms with van der Waals surface area (Å²) >= 11 is 0. The molecule has 102 valence electrons. The summed E-state index contributed by atoms with van der Waals surface area (Å²) in [5, 5.41) is 12.1. The fourth-order valence-corrected chi connectivity index (χ4v) is 2.28. The zero-order valence-electron chi connectivity index (χ0n) is 11.6. The molecule has 1 aromatic rings. The van der Waals surface area contributed by atoms with Crippen LogP contribution in [0, 0.1) is 17.2 Å². The Labute approximate surface area is 115 Å². The van der Waals surface area contributed by atoms with E-state index in [-0.39, 0.29) is 0 Å². The van der Waals surface area contributed by atoms with Crippen molar-refractivity contribution >= 4 is 5.69 Å². The van der Waals surface area contributed by atoms with E-state index in [1.165, 1.54) is 12.8 Å². The van der Waals surface area contributed by atoms with Gasteiger partial charge in [0.1, 0.15) is 5.75 Å². The van der Waals surface area contributed by atoms with Crippen LogP contribution in [0.5, 0.6) is 5.75 Å². The molecule has 1 saturated carbocycles. The average Bonchev–Trinajstić information content (AvgIpc) is 3.26. The SMILES string of the molecule is CCC(Nc1cccc(OCCCC#N)c1)C1CC1. The van der Waals surface area contributed by atoms with Gasteiger partial charge in [-0.3, -0.25) is 0 Å². The van der Waals surface area contributed by atoms with E-state index in [0.717, 1.165) is 30.2 Å². The molecule has 0 radical (unpaired) electrons. The van der Waals surface area contributed by atoms with Crippen LogP contribution in [0.15, 0.2) is 24.3 Å². The van der Waals surface area contributed by atoms with Gasteiger partial charge in [-0.1, -0.05) is 13.0 Å². The van der Waals surface area contributed by atoms with Gasteiger partial charge in [0.05, 0.1) is 12.7 Å². The lowest BCUT2D eigenvalue weighted by Crippen LogP contribution is -2.20. The average molecular weight is 258 g/mol. The first-order valence-corrected chi connectivity index (χ1v) is 7.20. The van der Waals surface area contributed by atoms with Crippen LogP contribution in [0.2, 0.25) is 0 Å². The van der Waals surface area contributed by atoms with Crippen molar-refractivity contribution in [2.24, 2.45) is 5.92 Å². The van der Waals surface area contributed by atoms with Gasteiger partial charge < -0.3 is 10.1 Å². The topological polar surface area (TPSA) is 45.0 Å². The molecule has 1 atom stereocenters. The lowest BCUT2D eigenvalue weighted by Gasteiger charge is -2.18. The number of nitriles is 1. The van der Waals surface area contributed by atoms with E-state index in [2.05, 4.69) is 30.4 Å². The zero-order chi connectivity index (χ0) is 13.5. The number of nitrogens with one attached hydrogen (secondary N) is 1. The van der Waals surface area contributed by atoms with Crippen LogP contribution >= 0.6 is 0 Å². The third-order valence-electron chi connectivity index (χ3n) is 3.52. The molecule has 0 spiro atoms. The number of anilines is 1. The third kappa shape index (κ3) is 4.48. The minimum absolute atomic E-state index is 0.553. The first-order valence-electron chi connectivity index (χ1n) is 7.20. The van der Waals surface area contributed by atoms with Crippen LogP contribution in [0.1, 0.15) is 39.0 Å². The fraction of sp³-hybridized carbons (Fsp3) is 0.562. The molecule has 19 heavy (non-hydrogen) atoms. The molecule has 1 aromatic carbocycles. The van der Waals surface area contributed by atoms with E-state index in [4.69, 9.17) is 10.00 Å². The zero-order valence-corrected chi connectivity index (χ0v) is 11.6. The van der Waals surface area contributed by atoms with Crippen LogP contribution in [-0.4, -0.2) is 12.6 Å². The summed E-state index contributed by atoms with van der Waals surface area (Å²) in [6, 6.07) is 10.8. The highest BCUT2D eigenvalue weighted by Crippen LogP contribution is 2.35. The molecule has 1 aliphatic carbocycles. The highest BCUT2D eigenvalue weighted by molar-refractivity contribution is 5.49. The monoisotopic (exact) mass is 258 g/mol. The van der Waals surface area contributed by atoms with E-state index >= 15 is 0 Å². The molecule has 3 heteroatoms.